The summed E-state index contributed by atoms with van der Waals surface area (Å²) in [6.07, 6.45) is 0. The zero-order valence-corrected chi connectivity index (χ0v) is 10.9. The summed E-state index contributed by atoms with van der Waals surface area (Å²) in [6.45, 7) is 3.67. The Hall–Kier alpha value is -1.82. The molecular formula is C13H18FN3O2. The minimum absolute atomic E-state index is 0.0682. The Morgan fingerprint density at radius 2 is 2.42 bits per heavy atom. The molecule has 3 N–H and O–H groups in total. The molecule has 1 aromatic rings. The van der Waals surface area contributed by atoms with Gasteiger partial charge in [0.1, 0.15) is 11.9 Å². The third-order valence-electron chi connectivity index (χ3n) is 3.12. The lowest BCUT2D eigenvalue weighted by Crippen LogP contribution is -2.54. The number of carbonyl (C=O) groups excluding carboxylic acids is 1. The van der Waals surface area contributed by atoms with E-state index >= 15 is 0 Å². The molecule has 1 aliphatic heterocycles. The summed E-state index contributed by atoms with van der Waals surface area (Å²) in [7, 11) is 0. The highest BCUT2D eigenvalue weighted by Gasteiger charge is 2.30. The minimum atomic E-state index is -0.474. The van der Waals surface area contributed by atoms with Gasteiger partial charge in [-0.25, -0.2) is 4.39 Å². The van der Waals surface area contributed by atoms with Crippen molar-refractivity contribution in [1.29, 1.82) is 0 Å². The second-order valence-corrected chi connectivity index (χ2v) is 4.35. The molecule has 0 radical (unpaired) electrons. The van der Waals surface area contributed by atoms with Crippen molar-refractivity contribution in [2.75, 3.05) is 36.9 Å². The highest BCUT2D eigenvalue weighted by molar-refractivity contribution is 5.87. The molecular weight excluding hydrogens is 249 g/mol. The molecule has 104 valence electrons. The monoisotopic (exact) mass is 267 g/mol. The molecule has 1 unspecified atom stereocenters. The molecule has 1 heterocycles. The largest absolute Gasteiger partial charge is 0.395 e. The van der Waals surface area contributed by atoms with Crippen LogP contribution in [0.5, 0.6) is 0 Å². The molecule has 1 atom stereocenters. The van der Waals surface area contributed by atoms with E-state index < -0.39 is 11.9 Å². The van der Waals surface area contributed by atoms with Crippen LogP contribution in [0.3, 0.4) is 0 Å². The van der Waals surface area contributed by atoms with Crippen molar-refractivity contribution in [3.8, 4) is 0 Å². The molecule has 1 amide bonds. The molecule has 0 aliphatic carbocycles. The van der Waals surface area contributed by atoms with Crippen molar-refractivity contribution in [2.45, 2.75) is 13.0 Å². The number of halogens is 1. The molecule has 19 heavy (non-hydrogen) atoms. The third kappa shape index (κ3) is 2.78. The molecule has 6 heteroatoms. The van der Waals surface area contributed by atoms with E-state index in [4.69, 9.17) is 10.5 Å². The fourth-order valence-corrected chi connectivity index (χ4v) is 2.18. The van der Waals surface area contributed by atoms with Crippen molar-refractivity contribution >= 4 is 17.3 Å². The van der Waals surface area contributed by atoms with Gasteiger partial charge in [0.2, 0.25) is 5.91 Å². The minimum Gasteiger partial charge on any atom is -0.395 e. The highest BCUT2D eigenvalue weighted by Crippen LogP contribution is 2.28. The number of nitrogen functional groups attached to an aromatic ring is 1. The molecule has 2 rings (SSSR count). The van der Waals surface area contributed by atoms with Gasteiger partial charge < -0.3 is 20.7 Å². The maximum Gasteiger partial charge on any atom is 0.245 e. The summed E-state index contributed by atoms with van der Waals surface area (Å²) in [4.78, 5) is 13.8. The number of benzene rings is 1. The number of anilines is 2. The number of likely N-dealkylation sites (N-methyl/N-ethyl adjacent to an activating group) is 1. The molecule has 1 fully saturated rings. The summed E-state index contributed by atoms with van der Waals surface area (Å²) in [5.41, 5.74) is 6.37. The number of nitrogens with zero attached hydrogens (tertiary/aromatic N) is 1. The summed E-state index contributed by atoms with van der Waals surface area (Å²) in [6, 6.07) is 4.14. The number of ether oxygens (including phenoxy) is 1. The van der Waals surface area contributed by atoms with E-state index in [0.717, 1.165) is 0 Å². The third-order valence-corrected chi connectivity index (χ3v) is 3.12. The predicted octanol–water partition coefficient (Wildman–Crippen LogP) is 0.749. The average Bonchev–Trinajstić information content (AvgIpc) is 2.42. The Labute approximate surface area is 111 Å². The van der Waals surface area contributed by atoms with Gasteiger partial charge in [0.25, 0.3) is 0 Å². The number of nitrogens with one attached hydrogen (secondary N) is 1. The Kier molecular flexibility index (Phi) is 4.21. The van der Waals surface area contributed by atoms with E-state index in [-0.39, 0.29) is 18.2 Å². The Morgan fingerprint density at radius 3 is 3.16 bits per heavy atom. The van der Waals surface area contributed by atoms with Crippen molar-refractivity contribution < 1.29 is 13.9 Å². The van der Waals surface area contributed by atoms with Crippen LogP contribution in [-0.2, 0) is 9.53 Å². The summed E-state index contributed by atoms with van der Waals surface area (Å²) in [5.74, 6) is -0.607. The lowest BCUT2D eigenvalue weighted by Gasteiger charge is -2.36. The van der Waals surface area contributed by atoms with Crippen LogP contribution in [0.2, 0.25) is 0 Å². The van der Waals surface area contributed by atoms with E-state index in [9.17, 15) is 9.18 Å². The first-order valence-electron chi connectivity index (χ1n) is 6.31. The van der Waals surface area contributed by atoms with Gasteiger partial charge in [-0.05, 0) is 19.1 Å². The van der Waals surface area contributed by atoms with Crippen LogP contribution in [0.1, 0.15) is 6.92 Å². The van der Waals surface area contributed by atoms with Gasteiger partial charge in [0.15, 0.2) is 0 Å². The highest BCUT2D eigenvalue weighted by atomic mass is 19.1. The van der Waals surface area contributed by atoms with Gasteiger partial charge in [-0.2, -0.15) is 0 Å². The maximum atomic E-state index is 13.5. The van der Waals surface area contributed by atoms with Crippen molar-refractivity contribution in [1.82, 2.24) is 5.32 Å². The van der Waals surface area contributed by atoms with E-state index in [0.29, 0.717) is 25.4 Å². The van der Waals surface area contributed by atoms with Gasteiger partial charge in [0.05, 0.1) is 24.6 Å². The van der Waals surface area contributed by atoms with Crippen LogP contribution in [0, 0.1) is 5.82 Å². The van der Waals surface area contributed by atoms with E-state index in [1.54, 1.807) is 17.0 Å². The summed E-state index contributed by atoms with van der Waals surface area (Å²) < 4.78 is 18.9. The molecule has 1 aromatic carbocycles. The van der Waals surface area contributed by atoms with Gasteiger partial charge in [0, 0.05) is 13.1 Å². The van der Waals surface area contributed by atoms with Crippen LogP contribution in [0.4, 0.5) is 15.8 Å². The number of carbonyl (C=O) groups is 1. The van der Waals surface area contributed by atoms with Crippen LogP contribution in [0.25, 0.3) is 0 Å². The molecule has 5 nitrogen and oxygen atoms in total. The van der Waals surface area contributed by atoms with Crippen molar-refractivity contribution in [3.05, 3.63) is 24.0 Å². The zero-order valence-electron chi connectivity index (χ0n) is 10.9. The van der Waals surface area contributed by atoms with Crippen LogP contribution < -0.4 is 16.0 Å². The fraction of sp³-hybridized carbons (Fsp3) is 0.462. The summed E-state index contributed by atoms with van der Waals surface area (Å²) in [5, 5.41) is 2.75. The normalized spacial score (nSPS) is 19.3. The summed E-state index contributed by atoms with van der Waals surface area (Å²) >= 11 is 0. The van der Waals surface area contributed by atoms with Gasteiger partial charge in [-0.1, -0.05) is 6.07 Å². The van der Waals surface area contributed by atoms with E-state index in [1.165, 1.54) is 6.07 Å². The first kappa shape index (κ1) is 13.6. The molecule has 0 saturated carbocycles. The average molecular weight is 267 g/mol. The second kappa shape index (κ2) is 5.88. The number of amides is 1. The fourth-order valence-electron chi connectivity index (χ4n) is 2.18. The topological polar surface area (TPSA) is 67.6 Å². The number of rotatable bonds is 3. The first-order valence-corrected chi connectivity index (χ1v) is 6.31. The smallest absolute Gasteiger partial charge is 0.245 e. The lowest BCUT2D eigenvalue weighted by atomic mass is 10.1. The van der Waals surface area contributed by atoms with Crippen LogP contribution in [-0.4, -0.2) is 38.3 Å². The second-order valence-electron chi connectivity index (χ2n) is 4.35. The zero-order chi connectivity index (χ0) is 13.8. The Morgan fingerprint density at radius 1 is 1.63 bits per heavy atom. The number of morpholine rings is 1. The van der Waals surface area contributed by atoms with E-state index in [1.807, 2.05) is 6.92 Å². The molecule has 0 spiro atoms. The van der Waals surface area contributed by atoms with Crippen molar-refractivity contribution in [3.63, 3.8) is 0 Å². The van der Waals surface area contributed by atoms with Crippen LogP contribution >= 0.6 is 0 Å². The molecule has 1 aliphatic rings. The Balaban J connectivity index is 2.29. The maximum absolute atomic E-state index is 13.5. The number of nitrogens with two attached hydrogens (primary N) is 1. The Bertz CT molecular complexity index is 467. The SMILES string of the molecule is CCNC(=O)C1COCCN1c1cccc(F)c1N. The van der Waals surface area contributed by atoms with Gasteiger partial charge >= 0.3 is 0 Å². The predicted molar refractivity (Wildman–Crippen MR) is 71.4 cm³/mol. The molecule has 1 saturated heterocycles. The number of hydrogen-bond acceptors (Lipinski definition) is 4. The quantitative estimate of drug-likeness (QED) is 0.793. The lowest BCUT2D eigenvalue weighted by molar-refractivity contribution is -0.124. The van der Waals surface area contributed by atoms with E-state index in [2.05, 4.69) is 5.32 Å². The van der Waals surface area contributed by atoms with Gasteiger partial charge in [-0.15, -0.1) is 0 Å². The van der Waals surface area contributed by atoms with Crippen LogP contribution in [0.15, 0.2) is 18.2 Å². The van der Waals surface area contributed by atoms with Crippen molar-refractivity contribution in [2.24, 2.45) is 0 Å². The number of para-hydroxylation sites is 1. The molecule has 0 aromatic heterocycles. The van der Waals surface area contributed by atoms with Gasteiger partial charge in [-0.3, -0.25) is 4.79 Å². The first-order chi connectivity index (χ1) is 9.15. The number of hydrogen-bond donors (Lipinski definition) is 2. The standard InChI is InChI=1S/C13H18FN3O2/c1-2-16-13(18)11-8-19-7-6-17(11)10-5-3-4-9(14)12(10)15/h3-5,11H,2,6-8,15H2,1H3,(H,16,18). The molecule has 0 bridgehead atoms.